The summed E-state index contributed by atoms with van der Waals surface area (Å²) in [4.78, 5) is 12.5. The normalized spacial score (nSPS) is 18.1. The summed E-state index contributed by atoms with van der Waals surface area (Å²) >= 11 is 0. The fraction of sp³-hybridized carbons (Fsp3) is 0.679. The third kappa shape index (κ3) is 7.79. The average Bonchev–Trinajstić information content (AvgIpc) is 3.59. The number of hydrogen-bond acceptors (Lipinski definition) is 3. The van der Waals surface area contributed by atoms with Crippen molar-refractivity contribution in [3.8, 4) is 0 Å². The number of allylic oxidation sites excluding steroid dienone is 1. The SMILES string of the molecule is C=C(N)C1(C(=O)Cc2ccc(CCCCCCCCOCC3CCCCC3)cc2)CC1. The van der Waals surface area contributed by atoms with E-state index in [0.29, 0.717) is 12.1 Å². The number of carbonyl (C=O) groups is 1. The highest BCUT2D eigenvalue weighted by Gasteiger charge is 2.50. The van der Waals surface area contributed by atoms with E-state index in [4.69, 9.17) is 10.5 Å². The average molecular weight is 426 g/mol. The lowest BCUT2D eigenvalue weighted by Crippen LogP contribution is -2.24. The number of rotatable bonds is 15. The topological polar surface area (TPSA) is 52.3 Å². The van der Waals surface area contributed by atoms with Crippen LogP contribution in [-0.2, 0) is 22.4 Å². The molecule has 2 aliphatic carbocycles. The summed E-state index contributed by atoms with van der Waals surface area (Å²) in [5, 5.41) is 0. The molecule has 0 heterocycles. The molecule has 0 saturated heterocycles. The highest BCUT2D eigenvalue weighted by Crippen LogP contribution is 2.50. The molecule has 2 N–H and O–H groups in total. The van der Waals surface area contributed by atoms with Gasteiger partial charge < -0.3 is 10.5 Å². The minimum Gasteiger partial charge on any atom is -0.402 e. The van der Waals surface area contributed by atoms with Gasteiger partial charge in [-0.3, -0.25) is 4.79 Å². The van der Waals surface area contributed by atoms with E-state index in [2.05, 4.69) is 30.8 Å². The molecule has 2 aliphatic rings. The van der Waals surface area contributed by atoms with Crippen LogP contribution in [0.25, 0.3) is 0 Å². The lowest BCUT2D eigenvalue weighted by atomic mass is 9.90. The Morgan fingerprint density at radius 2 is 1.55 bits per heavy atom. The molecule has 3 nitrogen and oxygen atoms in total. The van der Waals surface area contributed by atoms with E-state index in [1.54, 1.807) is 0 Å². The van der Waals surface area contributed by atoms with Crippen LogP contribution in [0.5, 0.6) is 0 Å². The first-order valence-electron chi connectivity index (χ1n) is 12.7. The number of Topliss-reactive ketones (excluding diaryl/α,β-unsaturated/α-hetero) is 1. The molecular weight excluding hydrogens is 382 g/mol. The van der Waals surface area contributed by atoms with Crippen LogP contribution in [0.15, 0.2) is 36.5 Å². The van der Waals surface area contributed by atoms with Crippen molar-refractivity contribution in [3.05, 3.63) is 47.7 Å². The summed E-state index contributed by atoms with van der Waals surface area (Å²) in [6.45, 7) is 5.75. The molecule has 0 spiro atoms. The quantitative estimate of drug-likeness (QED) is 0.325. The van der Waals surface area contributed by atoms with Gasteiger partial charge in [-0.25, -0.2) is 0 Å². The van der Waals surface area contributed by atoms with Crippen molar-refractivity contribution >= 4 is 5.78 Å². The molecule has 172 valence electrons. The van der Waals surface area contributed by atoms with Crippen molar-refractivity contribution in [1.82, 2.24) is 0 Å². The summed E-state index contributed by atoms with van der Waals surface area (Å²) in [5.74, 6) is 1.07. The van der Waals surface area contributed by atoms with Crippen LogP contribution in [0, 0.1) is 11.3 Å². The number of unbranched alkanes of at least 4 members (excludes halogenated alkanes) is 5. The molecule has 0 amide bonds. The molecule has 0 aliphatic heterocycles. The third-order valence-corrected chi connectivity index (χ3v) is 7.37. The number of ketones is 1. The van der Waals surface area contributed by atoms with Crippen molar-refractivity contribution in [2.75, 3.05) is 13.2 Å². The zero-order valence-corrected chi connectivity index (χ0v) is 19.5. The summed E-state index contributed by atoms with van der Waals surface area (Å²) < 4.78 is 5.89. The standard InChI is InChI=1S/C28H43NO2/c1-23(29)28(18-19-28)27(30)21-25-16-14-24(15-17-25)11-7-4-2-3-5-10-20-31-22-26-12-8-6-9-13-26/h14-17,26H,1-13,18-22,29H2. The van der Waals surface area contributed by atoms with Gasteiger partial charge in [-0.2, -0.15) is 0 Å². The van der Waals surface area contributed by atoms with Crippen LogP contribution in [0.4, 0.5) is 0 Å². The first-order chi connectivity index (χ1) is 15.1. The van der Waals surface area contributed by atoms with Gasteiger partial charge in [0.15, 0.2) is 0 Å². The summed E-state index contributed by atoms with van der Waals surface area (Å²) in [7, 11) is 0. The molecule has 31 heavy (non-hydrogen) atoms. The molecule has 0 unspecified atom stereocenters. The predicted molar refractivity (Wildman–Crippen MR) is 129 cm³/mol. The Kier molecular flexibility index (Phi) is 9.64. The molecule has 3 heteroatoms. The van der Waals surface area contributed by atoms with Crippen molar-refractivity contribution in [2.24, 2.45) is 17.1 Å². The van der Waals surface area contributed by atoms with Crippen LogP contribution >= 0.6 is 0 Å². The summed E-state index contributed by atoms with van der Waals surface area (Å²) in [6.07, 6.45) is 18.0. The van der Waals surface area contributed by atoms with E-state index in [1.165, 1.54) is 76.2 Å². The van der Waals surface area contributed by atoms with E-state index in [0.717, 1.165) is 44.0 Å². The highest BCUT2D eigenvalue weighted by atomic mass is 16.5. The van der Waals surface area contributed by atoms with Gasteiger partial charge >= 0.3 is 0 Å². The van der Waals surface area contributed by atoms with Crippen LogP contribution in [0.3, 0.4) is 0 Å². The number of benzene rings is 1. The molecule has 0 aromatic heterocycles. The lowest BCUT2D eigenvalue weighted by molar-refractivity contribution is -0.122. The van der Waals surface area contributed by atoms with Crippen molar-refractivity contribution < 1.29 is 9.53 Å². The molecule has 1 aromatic carbocycles. The molecule has 0 bridgehead atoms. The number of aryl methyl sites for hydroxylation is 1. The first-order valence-corrected chi connectivity index (χ1v) is 12.7. The number of ether oxygens (including phenoxy) is 1. The van der Waals surface area contributed by atoms with E-state index >= 15 is 0 Å². The Morgan fingerprint density at radius 1 is 0.935 bits per heavy atom. The largest absolute Gasteiger partial charge is 0.402 e. The maximum atomic E-state index is 12.5. The molecule has 2 fully saturated rings. The lowest BCUT2D eigenvalue weighted by Gasteiger charge is -2.21. The molecule has 1 aromatic rings. The van der Waals surface area contributed by atoms with E-state index < -0.39 is 5.41 Å². The van der Waals surface area contributed by atoms with Gasteiger partial charge in [-0.05, 0) is 62.0 Å². The maximum absolute atomic E-state index is 12.5. The van der Waals surface area contributed by atoms with E-state index in [-0.39, 0.29) is 5.78 Å². The van der Waals surface area contributed by atoms with Crippen LogP contribution < -0.4 is 5.73 Å². The fourth-order valence-electron chi connectivity index (χ4n) is 4.93. The molecular formula is C28H43NO2. The Balaban J connectivity index is 1.18. The Bertz CT molecular complexity index is 683. The van der Waals surface area contributed by atoms with Gasteiger partial charge in [0.1, 0.15) is 5.78 Å². The Hall–Kier alpha value is -1.61. The summed E-state index contributed by atoms with van der Waals surface area (Å²) in [6, 6.07) is 8.58. The van der Waals surface area contributed by atoms with Gasteiger partial charge in [-0.1, -0.05) is 75.8 Å². The maximum Gasteiger partial charge on any atom is 0.149 e. The van der Waals surface area contributed by atoms with E-state index in [1.807, 2.05) is 0 Å². The number of hydrogen-bond donors (Lipinski definition) is 1. The van der Waals surface area contributed by atoms with Crippen molar-refractivity contribution in [3.63, 3.8) is 0 Å². The minimum atomic E-state index is -0.416. The smallest absolute Gasteiger partial charge is 0.149 e. The van der Waals surface area contributed by atoms with Gasteiger partial charge in [0, 0.05) is 25.3 Å². The molecule has 0 radical (unpaired) electrons. The summed E-state index contributed by atoms with van der Waals surface area (Å²) in [5.41, 5.74) is 8.43. The Labute approximate surface area is 189 Å². The third-order valence-electron chi connectivity index (χ3n) is 7.37. The predicted octanol–water partition coefficient (Wildman–Crippen LogP) is 6.53. The monoisotopic (exact) mass is 425 g/mol. The first kappa shape index (κ1) is 24.0. The second-order valence-corrected chi connectivity index (χ2v) is 9.97. The van der Waals surface area contributed by atoms with Crippen LogP contribution in [0.2, 0.25) is 0 Å². The van der Waals surface area contributed by atoms with Gasteiger partial charge in [-0.15, -0.1) is 0 Å². The zero-order valence-electron chi connectivity index (χ0n) is 19.5. The Morgan fingerprint density at radius 3 is 2.19 bits per heavy atom. The van der Waals surface area contributed by atoms with Crippen molar-refractivity contribution in [2.45, 2.75) is 96.3 Å². The second-order valence-electron chi connectivity index (χ2n) is 9.97. The number of nitrogens with two attached hydrogens (primary N) is 1. The highest BCUT2D eigenvalue weighted by molar-refractivity contribution is 5.91. The molecule has 0 atom stereocenters. The number of carbonyl (C=O) groups excluding carboxylic acids is 1. The van der Waals surface area contributed by atoms with Crippen LogP contribution in [-0.4, -0.2) is 19.0 Å². The van der Waals surface area contributed by atoms with E-state index in [9.17, 15) is 4.79 Å². The zero-order chi connectivity index (χ0) is 21.9. The second kappa shape index (κ2) is 12.4. The van der Waals surface area contributed by atoms with Crippen LogP contribution in [0.1, 0.15) is 94.6 Å². The fourth-order valence-corrected chi connectivity index (χ4v) is 4.93. The van der Waals surface area contributed by atoms with Gasteiger partial charge in [0.05, 0.1) is 5.41 Å². The van der Waals surface area contributed by atoms with Crippen molar-refractivity contribution in [1.29, 1.82) is 0 Å². The minimum absolute atomic E-state index is 0.229. The van der Waals surface area contributed by atoms with Gasteiger partial charge in [0.25, 0.3) is 0 Å². The molecule has 2 saturated carbocycles. The van der Waals surface area contributed by atoms with Gasteiger partial charge in [0.2, 0.25) is 0 Å². The molecule has 3 rings (SSSR count).